The van der Waals surface area contributed by atoms with Crippen LogP contribution in [-0.2, 0) is 0 Å². The van der Waals surface area contributed by atoms with Gasteiger partial charge in [-0.1, -0.05) is 20.3 Å². The van der Waals surface area contributed by atoms with E-state index >= 15 is 0 Å². The molecule has 100 valence electrons. The summed E-state index contributed by atoms with van der Waals surface area (Å²) in [6, 6.07) is 0.686. The Morgan fingerprint density at radius 1 is 1.41 bits per heavy atom. The fraction of sp³-hybridized carbons (Fsp3) is 1.00. The lowest BCUT2D eigenvalue weighted by atomic mass is 9.69. The highest BCUT2D eigenvalue weighted by molar-refractivity contribution is 7.99. The molecule has 3 unspecified atom stereocenters. The third-order valence-corrected chi connectivity index (χ3v) is 5.81. The molecule has 1 aliphatic heterocycles. The summed E-state index contributed by atoms with van der Waals surface area (Å²) in [6.45, 7) is 9.08. The largest absolute Gasteiger partial charge is 0.392 e. The van der Waals surface area contributed by atoms with Crippen LogP contribution in [0.25, 0.3) is 0 Å². The molecule has 1 heterocycles. The molecule has 1 saturated heterocycles. The molecule has 0 aromatic heterocycles. The lowest BCUT2D eigenvalue weighted by Gasteiger charge is -2.44. The number of nitrogens with zero attached hydrogens (tertiary/aromatic N) is 1. The zero-order valence-corrected chi connectivity index (χ0v) is 12.3. The number of hydrogen-bond acceptors (Lipinski definition) is 3. The molecule has 1 aliphatic carbocycles. The highest BCUT2D eigenvalue weighted by atomic mass is 32.2. The van der Waals surface area contributed by atoms with E-state index in [0.717, 1.165) is 6.54 Å². The molecule has 2 aliphatic rings. The number of rotatable bonds is 2. The van der Waals surface area contributed by atoms with Crippen molar-refractivity contribution < 1.29 is 5.11 Å². The van der Waals surface area contributed by atoms with Gasteiger partial charge in [-0.2, -0.15) is 11.8 Å². The lowest BCUT2D eigenvalue weighted by Crippen LogP contribution is -2.49. The van der Waals surface area contributed by atoms with Crippen molar-refractivity contribution >= 4 is 11.8 Å². The van der Waals surface area contributed by atoms with Gasteiger partial charge < -0.3 is 5.11 Å². The topological polar surface area (TPSA) is 23.5 Å². The number of thioether (sulfide) groups is 1. The fourth-order valence-corrected chi connectivity index (χ4v) is 4.37. The van der Waals surface area contributed by atoms with E-state index in [4.69, 9.17) is 0 Å². The predicted octanol–water partition coefficient (Wildman–Crippen LogP) is 2.61. The Labute approximate surface area is 110 Å². The molecule has 1 N–H and O–H groups in total. The van der Waals surface area contributed by atoms with Crippen molar-refractivity contribution in [3.63, 3.8) is 0 Å². The standard InChI is InChI=1S/C14H27NOS/c1-11-10-17-8-7-15(11)9-12-5-4-6-14(2,3)13(12)16/h11-13,16H,4-10H2,1-3H3. The molecule has 2 rings (SSSR count). The minimum atomic E-state index is -0.113. The zero-order chi connectivity index (χ0) is 12.5. The molecule has 17 heavy (non-hydrogen) atoms. The molecule has 0 aromatic carbocycles. The summed E-state index contributed by atoms with van der Waals surface area (Å²) in [6.07, 6.45) is 3.56. The van der Waals surface area contributed by atoms with Crippen LogP contribution in [0.1, 0.15) is 40.0 Å². The van der Waals surface area contributed by atoms with Crippen molar-refractivity contribution in [1.29, 1.82) is 0 Å². The van der Waals surface area contributed by atoms with E-state index in [1.54, 1.807) is 0 Å². The lowest BCUT2D eigenvalue weighted by molar-refractivity contribution is -0.0451. The van der Waals surface area contributed by atoms with Crippen molar-refractivity contribution in [2.45, 2.75) is 52.2 Å². The van der Waals surface area contributed by atoms with Crippen molar-refractivity contribution in [2.75, 3.05) is 24.6 Å². The van der Waals surface area contributed by atoms with Crippen molar-refractivity contribution in [3.8, 4) is 0 Å². The SMILES string of the molecule is CC1CSCCN1CC1CCCC(C)(C)C1O. The van der Waals surface area contributed by atoms with Crippen LogP contribution in [0, 0.1) is 11.3 Å². The predicted molar refractivity (Wildman–Crippen MR) is 75.5 cm³/mol. The first-order valence-electron chi connectivity index (χ1n) is 7.00. The second kappa shape index (κ2) is 5.50. The van der Waals surface area contributed by atoms with Gasteiger partial charge in [0.05, 0.1) is 6.10 Å². The molecule has 2 nitrogen and oxygen atoms in total. The molecule has 0 radical (unpaired) electrons. The summed E-state index contributed by atoms with van der Waals surface area (Å²) >= 11 is 2.07. The monoisotopic (exact) mass is 257 g/mol. The number of hydrogen-bond donors (Lipinski definition) is 1. The van der Waals surface area contributed by atoms with Crippen LogP contribution < -0.4 is 0 Å². The summed E-state index contributed by atoms with van der Waals surface area (Å²) in [5.41, 5.74) is 0.122. The Kier molecular flexibility index (Phi) is 4.43. The maximum atomic E-state index is 10.5. The molecule has 0 spiro atoms. The minimum absolute atomic E-state index is 0.113. The number of aliphatic hydroxyl groups is 1. The van der Waals surface area contributed by atoms with Crippen molar-refractivity contribution in [3.05, 3.63) is 0 Å². The molecule has 2 fully saturated rings. The van der Waals surface area contributed by atoms with Gasteiger partial charge in [-0.15, -0.1) is 0 Å². The first-order valence-corrected chi connectivity index (χ1v) is 8.16. The van der Waals surface area contributed by atoms with Gasteiger partial charge >= 0.3 is 0 Å². The average Bonchev–Trinajstić information content (AvgIpc) is 2.28. The van der Waals surface area contributed by atoms with Crippen LogP contribution in [0.2, 0.25) is 0 Å². The summed E-state index contributed by atoms with van der Waals surface area (Å²) < 4.78 is 0. The minimum Gasteiger partial charge on any atom is -0.392 e. The van der Waals surface area contributed by atoms with Crippen LogP contribution in [0.5, 0.6) is 0 Å². The zero-order valence-electron chi connectivity index (χ0n) is 11.5. The third kappa shape index (κ3) is 3.18. The highest BCUT2D eigenvalue weighted by Gasteiger charge is 2.38. The molecule has 0 aromatic rings. The summed E-state index contributed by atoms with van der Waals surface area (Å²) in [5.74, 6) is 3.01. The molecule has 3 heteroatoms. The third-order valence-electron chi connectivity index (χ3n) is 4.62. The molecule has 1 saturated carbocycles. The number of aliphatic hydroxyl groups excluding tert-OH is 1. The molecule has 0 amide bonds. The van der Waals surface area contributed by atoms with Gasteiger partial charge in [-0.25, -0.2) is 0 Å². The molecule has 0 bridgehead atoms. The molecular formula is C14H27NOS. The van der Waals surface area contributed by atoms with Gasteiger partial charge in [0.1, 0.15) is 0 Å². The second-order valence-electron chi connectivity index (χ2n) is 6.50. The van der Waals surface area contributed by atoms with E-state index in [1.165, 1.54) is 37.3 Å². The van der Waals surface area contributed by atoms with Gasteiger partial charge in [-0.05, 0) is 31.1 Å². The molecule has 3 atom stereocenters. The Morgan fingerprint density at radius 2 is 2.18 bits per heavy atom. The first-order chi connectivity index (χ1) is 8.00. The quantitative estimate of drug-likeness (QED) is 0.822. The van der Waals surface area contributed by atoms with E-state index in [-0.39, 0.29) is 11.5 Å². The van der Waals surface area contributed by atoms with Crippen LogP contribution in [0.15, 0.2) is 0 Å². The van der Waals surface area contributed by atoms with Gasteiger partial charge in [0.2, 0.25) is 0 Å². The van der Waals surface area contributed by atoms with Crippen LogP contribution >= 0.6 is 11.8 Å². The van der Waals surface area contributed by atoms with Gasteiger partial charge in [0.15, 0.2) is 0 Å². The fourth-order valence-electron chi connectivity index (χ4n) is 3.29. The van der Waals surface area contributed by atoms with E-state index in [2.05, 4.69) is 37.4 Å². The van der Waals surface area contributed by atoms with Crippen LogP contribution in [0.3, 0.4) is 0 Å². The molecular weight excluding hydrogens is 230 g/mol. The Morgan fingerprint density at radius 3 is 2.88 bits per heavy atom. The van der Waals surface area contributed by atoms with Gasteiger partial charge in [0.25, 0.3) is 0 Å². The maximum absolute atomic E-state index is 10.5. The first kappa shape index (κ1) is 13.7. The summed E-state index contributed by atoms with van der Waals surface area (Å²) in [5, 5.41) is 10.5. The van der Waals surface area contributed by atoms with Crippen LogP contribution in [-0.4, -0.2) is 46.7 Å². The van der Waals surface area contributed by atoms with E-state index in [0.29, 0.717) is 12.0 Å². The normalized spacial score (nSPS) is 39.2. The Bertz CT molecular complexity index is 257. The van der Waals surface area contributed by atoms with Crippen molar-refractivity contribution in [2.24, 2.45) is 11.3 Å². The van der Waals surface area contributed by atoms with E-state index in [1.807, 2.05) is 0 Å². The van der Waals surface area contributed by atoms with Gasteiger partial charge in [-0.3, -0.25) is 4.90 Å². The maximum Gasteiger partial charge on any atom is 0.0631 e. The van der Waals surface area contributed by atoms with Gasteiger partial charge in [0, 0.05) is 30.6 Å². The Balaban J connectivity index is 1.93. The van der Waals surface area contributed by atoms with Crippen LogP contribution in [0.4, 0.5) is 0 Å². The highest BCUT2D eigenvalue weighted by Crippen LogP contribution is 2.39. The van der Waals surface area contributed by atoms with Crippen molar-refractivity contribution in [1.82, 2.24) is 4.90 Å². The summed E-state index contributed by atoms with van der Waals surface area (Å²) in [7, 11) is 0. The van der Waals surface area contributed by atoms with E-state index in [9.17, 15) is 5.11 Å². The second-order valence-corrected chi connectivity index (χ2v) is 7.65. The van der Waals surface area contributed by atoms with E-state index < -0.39 is 0 Å². The average molecular weight is 257 g/mol. The Hall–Kier alpha value is 0.270. The summed E-state index contributed by atoms with van der Waals surface area (Å²) in [4.78, 5) is 2.59. The smallest absolute Gasteiger partial charge is 0.0631 e.